The monoisotopic (exact) mass is 228 g/mol. The summed E-state index contributed by atoms with van der Waals surface area (Å²) in [5.74, 6) is 0.547. The van der Waals surface area contributed by atoms with Crippen molar-refractivity contribution in [1.29, 1.82) is 5.26 Å². The van der Waals surface area contributed by atoms with Crippen molar-refractivity contribution in [3.05, 3.63) is 0 Å². The fourth-order valence-electron chi connectivity index (χ4n) is 1.23. The number of hydrogen-bond donors (Lipinski definition) is 1. The summed E-state index contributed by atoms with van der Waals surface area (Å²) in [4.78, 5) is 0. The lowest BCUT2D eigenvalue weighted by Gasteiger charge is -2.22. The molecule has 94 valence electrons. The largest absolute Gasteiger partial charge is 0.379 e. The standard InChI is InChI=1S/C12H24N2O2/c1-5-14-12(4,9-13)10-16-7-6-15-8-11(2)3/h11,14H,5-8,10H2,1-4H3. The number of nitrogens with zero attached hydrogens (tertiary/aromatic N) is 1. The van der Waals surface area contributed by atoms with Gasteiger partial charge in [-0.1, -0.05) is 20.8 Å². The first-order valence-corrected chi connectivity index (χ1v) is 5.86. The molecule has 0 aliphatic heterocycles. The van der Waals surface area contributed by atoms with Gasteiger partial charge in [-0.25, -0.2) is 0 Å². The van der Waals surface area contributed by atoms with Crippen molar-refractivity contribution in [2.45, 2.75) is 33.2 Å². The van der Waals surface area contributed by atoms with E-state index in [0.717, 1.165) is 13.2 Å². The molecule has 0 rings (SSSR count). The summed E-state index contributed by atoms with van der Waals surface area (Å²) in [7, 11) is 0. The van der Waals surface area contributed by atoms with Crippen LogP contribution in [0.25, 0.3) is 0 Å². The second kappa shape index (κ2) is 8.51. The highest BCUT2D eigenvalue weighted by molar-refractivity contribution is 5.03. The maximum Gasteiger partial charge on any atom is 0.127 e. The summed E-state index contributed by atoms with van der Waals surface area (Å²) in [6, 6.07) is 2.21. The Kier molecular flexibility index (Phi) is 8.18. The topological polar surface area (TPSA) is 54.3 Å². The number of ether oxygens (including phenoxy) is 2. The Morgan fingerprint density at radius 1 is 1.31 bits per heavy atom. The van der Waals surface area contributed by atoms with E-state index in [1.54, 1.807) is 0 Å². The molecule has 4 heteroatoms. The average molecular weight is 228 g/mol. The van der Waals surface area contributed by atoms with Gasteiger partial charge in [-0.3, -0.25) is 5.32 Å². The third kappa shape index (κ3) is 7.63. The lowest BCUT2D eigenvalue weighted by atomic mass is 10.1. The SMILES string of the molecule is CCNC(C)(C#N)COCCOCC(C)C. The van der Waals surface area contributed by atoms with E-state index in [1.165, 1.54) is 0 Å². The zero-order valence-corrected chi connectivity index (χ0v) is 10.9. The number of likely N-dealkylation sites (N-methyl/N-ethyl adjacent to an activating group) is 1. The molecule has 4 nitrogen and oxygen atoms in total. The van der Waals surface area contributed by atoms with Gasteiger partial charge in [0.25, 0.3) is 0 Å². The Hall–Kier alpha value is -0.630. The van der Waals surface area contributed by atoms with Crippen LogP contribution >= 0.6 is 0 Å². The van der Waals surface area contributed by atoms with Crippen LogP contribution in [0.3, 0.4) is 0 Å². The van der Waals surface area contributed by atoms with Crippen LogP contribution in [0.4, 0.5) is 0 Å². The van der Waals surface area contributed by atoms with Crippen LogP contribution in [0.5, 0.6) is 0 Å². The van der Waals surface area contributed by atoms with Gasteiger partial charge in [0.1, 0.15) is 5.54 Å². The molecule has 0 aromatic heterocycles. The second-order valence-corrected chi connectivity index (χ2v) is 4.50. The van der Waals surface area contributed by atoms with Crippen LogP contribution in [-0.2, 0) is 9.47 Å². The minimum Gasteiger partial charge on any atom is -0.379 e. The smallest absolute Gasteiger partial charge is 0.127 e. The average Bonchev–Trinajstić information content (AvgIpc) is 2.23. The van der Waals surface area contributed by atoms with E-state index in [-0.39, 0.29) is 0 Å². The highest BCUT2D eigenvalue weighted by Crippen LogP contribution is 2.02. The lowest BCUT2D eigenvalue weighted by Crippen LogP contribution is -2.45. The van der Waals surface area contributed by atoms with Crippen molar-refractivity contribution in [3.63, 3.8) is 0 Å². The minimum atomic E-state index is -0.590. The first-order chi connectivity index (χ1) is 7.54. The first-order valence-electron chi connectivity index (χ1n) is 5.86. The van der Waals surface area contributed by atoms with Crippen LogP contribution < -0.4 is 5.32 Å². The number of hydrogen-bond acceptors (Lipinski definition) is 4. The molecule has 0 radical (unpaired) electrons. The predicted octanol–water partition coefficient (Wildman–Crippen LogP) is 1.57. The highest BCUT2D eigenvalue weighted by atomic mass is 16.5. The van der Waals surface area contributed by atoms with Crippen LogP contribution in [0.2, 0.25) is 0 Å². The second-order valence-electron chi connectivity index (χ2n) is 4.50. The Morgan fingerprint density at radius 2 is 1.94 bits per heavy atom. The molecule has 0 aromatic rings. The van der Waals surface area contributed by atoms with E-state index >= 15 is 0 Å². The van der Waals surface area contributed by atoms with E-state index in [9.17, 15) is 0 Å². The van der Waals surface area contributed by atoms with Gasteiger partial charge in [-0.05, 0) is 19.4 Å². The lowest BCUT2D eigenvalue weighted by molar-refractivity contribution is 0.0246. The molecule has 0 fully saturated rings. The normalized spacial score (nSPS) is 14.8. The van der Waals surface area contributed by atoms with Gasteiger partial charge < -0.3 is 9.47 Å². The first kappa shape index (κ1) is 15.4. The molecule has 0 amide bonds. The zero-order chi connectivity index (χ0) is 12.4. The molecular weight excluding hydrogens is 204 g/mol. The van der Waals surface area contributed by atoms with Gasteiger partial charge in [0.2, 0.25) is 0 Å². The van der Waals surface area contributed by atoms with E-state index in [2.05, 4.69) is 25.2 Å². The van der Waals surface area contributed by atoms with Crippen molar-refractivity contribution >= 4 is 0 Å². The van der Waals surface area contributed by atoms with Crippen LogP contribution in [0.15, 0.2) is 0 Å². The summed E-state index contributed by atoms with van der Waals surface area (Å²) in [5, 5.41) is 12.1. The number of nitrogens with one attached hydrogen (secondary N) is 1. The van der Waals surface area contributed by atoms with Crippen molar-refractivity contribution in [2.75, 3.05) is 33.0 Å². The van der Waals surface area contributed by atoms with Gasteiger partial charge in [-0.2, -0.15) is 5.26 Å². The third-order valence-corrected chi connectivity index (χ3v) is 2.03. The summed E-state index contributed by atoms with van der Waals surface area (Å²) < 4.78 is 10.8. The molecule has 1 N–H and O–H groups in total. The number of nitriles is 1. The molecule has 16 heavy (non-hydrogen) atoms. The summed E-state index contributed by atoms with van der Waals surface area (Å²) in [6.45, 7) is 11.1. The highest BCUT2D eigenvalue weighted by Gasteiger charge is 2.22. The molecule has 0 heterocycles. The van der Waals surface area contributed by atoms with Crippen LogP contribution in [0, 0.1) is 17.2 Å². The molecule has 1 unspecified atom stereocenters. The van der Waals surface area contributed by atoms with E-state index in [4.69, 9.17) is 14.7 Å². The van der Waals surface area contributed by atoms with Crippen molar-refractivity contribution < 1.29 is 9.47 Å². The molecule has 1 atom stereocenters. The maximum atomic E-state index is 8.97. The third-order valence-electron chi connectivity index (χ3n) is 2.03. The Labute approximate surface area is 98.9 Å². The summed E-state index contributed by atoms with van der Waals surface area (Å²) in [5.41, 5.74) is -0.590. The Morgan fingerprint density at radius 3 is 2.44 bits per heavy atom. The summed E-state index contributed by atoms with van der Waals surface area (Å²) in [6.07, 6.45) is 0. The zero-order valence-electron chi connectivity index (χ0n) is 10.9. The van der Waals surface area contributed by atoms with Gasteiger partial charge in [0.05, 0.1) is 25.9 Å². The maximum absolute atomic E-state index is 8.97. The molecule has 0 spiro atoms. The molecule has 0 saturated carbocycles. The Balaban J connectivity index is 3.53. The van der Waals surface area contributed by atoms with Gasteiger partial charge in [-0.15, -0.1) is 0 Å². The van der Waals surface area contributed by atoms with Crippen LogP contribution in [0.1, 0.15) is 27.7 Å². The minimum absolute atomic E-state index is 0.391. The number of rotatable bonds is 9. The summed E-state index contributed by atoms with van der Waals surface area (Å²) >= 11 is 0. The molecular formula is C12H24N2O2. The van der Waals surface area contributed by atoms with Crippen molar-refractivity contribution in [2.24, 2.45) is 5.92 Å². The van der Waals surface area contributed by atoms with Crippen molar-refractivity contribution in [1.82, 2.24) is 5.32 Å². The fraction of sp³-hybridized carbons (Fsp3) is 0.917. The van der Waals surface area contributed by atoms with E-state index in [0.29, 0.717) is 25.7 Å². The molecule has 0 aliphatic carbocycles. The van der Waals surface area contributed by atoms with E-state index < -0.39 is 5.54 Å². The fourth-order valence-corrected chi connectivity index (χ4v) is 1.23. The van der Waals surface area contributed by atoms with Crippen molar-refractivity contribution in [3.8, 4) is 6.07 Å². The van der Waals surface area contributed by atoms with Gasteiger partial charge in [0.15, 0.2) is 0 Å². The molecule has 0 saturated heterocycles. The van der Waals surface area contributed by atoms with Crippen LogP contribution in [-0.4, -0.2) is 38.5 Å². The predicted molar refractivity (Wildman–Crippen MR) is 64.2 cm³/mol. The molecule has 0 bridgehead atoms. The van der Waals surface area contributed by atoms with E-state index in [1.807, 2.05) is 13.8 Å². The van der Waals surface area contributed by atoms with Gasteiger partial charge in [0, 0.05) is 6.61 Å². The Bertz CT molecular complexity index is 214. The molecule has 0 aromatic carbocycles. The molecule has 0 aliphatic rings. The quantitative estimate of drug-likeness (QED) is 0.609. The van der Waals surface area contributed by atoms with Gasteiger partial charge >= 0.3 is 0 Å².